The van der Waals surface area contributed by atoms with Crippen LogP contribution in [0, 0.1) is 11.8 Å². The average molecular weight is 366 g/mol. The monoisotopic (exact) mass is 365 g/mol. The van der Waals surface area contributed by atoms with Crippen LogP contribution in [0.5, 0.6) is 0 Å². The second kappa shape index (κ2) is 8.16. The molecule has 2 saturated heterocycles. The van der Waals surface area contributed by atoms with Gasteiger partial charge in [0.1, 0.15) is 0 Å². The Morgan fingerprint density at radius 2 is 1.64 bits per heavy atom. The highest BCUT2D eigenvalue weighted by Gasteiger charge is 2.32. The highest BCUT2D eigenvalue weighted by atomic mass is 32.2. The van der Waals surface area contributed by atoms with Crippen molar-refractivity contribution in [2.75, 3.05) is 26.2 Å². The van der Waals surface area contributed by atoms with Gasteiger partial charge in [0.05, 0.1) is 0 Å². The lowest BCUT2D eigenvalue weighted by molar-refractivity contribution is 0.193. The smallest absolute Gasteiger partial charge is 0.279 e. The van der Waals surface area contributed by atoms with Crippen molar-refractivity contribution in [3.63, 3.8) is 0 Å². The fraction of sp³-hybridized carbons (Fsp3) is 0.684. The van der Waals surface area contributed by atoms with Crippen molar-refractivity contribution >= 4 is 10.2 Å². The normalized spacial score (nSPS) is 27.4. The first-order valence-corrected chi connectivity index (χ1v) is 10.9. The van der Waals surface area contributed by atoms with E-state index in [9.17, 15) is 8.42 Å². The van der Waals surface area contributed by atoms with Gasteiger partial charge >= 0.3 is 0 Å². The summed E-state index contributed by atoms with van der Waals surface area (Å²) in [4.78, 5) is 2.41. The highest BCUT2D eigenvalue weighted by Crippen LogP contribution is 2.23. The zero-order chi connectivity index (χ0) is 17.9. The molecule has 0 aliphatic carbocycles. The maximum atomic E-state index is 12.7. The van der Waals surface area contributed by atoms with Crippen molar-refractivity contribution in [1.82, 2.24) is 13.9 Å². The number of hydrogen-bond acceptors (Lipinski definition) is 3. The van der Waals surface area contributed by atoms with Crippen LogP contribution in [0.3, 0.4) is 0 Å². The second-order valence-corrected chi connectivity index (χ2v) is 9.62. The molecular weight excluding hydrogens is 334 g/mol. The first-order valence-electron chi connectivity index (χ1n) is 9.46. The van der Waals surface area contributed by atoms with Crippen LogP contribution in [-0.4, -0.2) is 49.8 Å². The van der Waals surface area contributed by atoms with Gasteiger partial charge in [-0.05, 0) is 36.7 Å². The van der Waals surface area contributed by atoms with Gasteiger partial charge < -0.3 is 0 Å². The molecule has 2 atom stereocenters. The van der Waals surface area contributed by atoms with Crippen LogP contribution in [0.1, 0.15) is 38.7 Å². The first kappa shape index (κ1) is 18.8. The van der Waals surface area contributed by atoms with Gasteiger partial charge in [0.2, 0.25) is 0 Å². The summed E-state index contributed by atoms with van der Waals surface area (Å²) >= 11 is 0. The fourth-order valence-corrected chi connectivity index (χ4v) is 5.85. The number of rotatable bonds is 5. The SMILES string of the molecule is C[C@H]1C[C@H](C)CN(S(=O)(=O)NC2CCN(Cc3ccccc3)CC2)C1. The van der Waals surface area contributed by atoms with Crippen LogP contribution in [0.15, 0.2) is 30.3 Å². The molecule has 5 nitrogen and oxygen atoms in total. The minimum absolute atomic E-state index is 0.0598. The molecule has 1 aromatic rings. The van der Waals surface area contributed by atoms with Gasteiger partial charge in [-0.25, -0.2) is 0 Å². The van der Waals surface area contributed by atoms with Crippen molar-refractivity contribution in [2.24, 2.45) is 11.8 Å². The summed E-state index contributed by atoms with van der Waals surface area (Å²) < 4.78 is 30.1. The molecule has 0 amide bonds. The van der Waals surface area contributed by atoms with Crippen molar-refractivity contribution in [3.8, 4) is 0 Å². The Morgan fingerprint density at radius 3 is 2.24 bits per heavy atom. The van der Waals surface area contributed by atoms with Gasteiger partial charge in [-0.1, -0.05) is 44.2 Å². The number of nitrogens with zero attached hydrogens (tertiary/aromatic N) is 2. The molecule has 6 heteroatoms. The van der Waals surface area contributed by atoms with E-state index in [-0.39, 0.29) is 6.04 Å². The summed E-state index contributed by atoms with van der Waals surface area (Å²) in [5.41, 5.74) is 1.32. The maximum absolute atomic E-state index is 12.7. The molecule has 0 bridgehead atoms. The topological polar surface area (TPSA) is 52.7 Å². The zero-order valence-corrected chi connectivity index (χ0v) is 16.2. The van der Waals surface area contributed by atoms with E-state index in [1.54, 1.807) is 4.31 Å². The van der Waals surface area contributed by atoms with E-state index in [0.29, 0.717) is 24.9 Å². The van der Waals surface area contributed by atoms with E-state index in [2.05, 4.69) is 47.7 Å². The molecular formula is C19H31N3O2S. The van der Waals surface area contributed by atoms with Crippen molar-refractivity contribution in [3.05, 3.63) is 35.9 Å². The molecule has 140 valence electrons. The Labute approximate surface area is 152 Å². The minimum atomic E-state index is -3.36. The van der Waals surface area contributed by atoms with Gasteiger partial charge in [-0.2, -0.15) is 17.4 Å². The molecule has 0 saturated carbocycles. The van der Waals surface area contributed by atoms with E-state index in [1.165, 1.54) is 5.56 Å². The van der Waals surface area contributed by atoms with Crippen LogP contribution in [0.4, 0.5) is 0 Å². The maximum Gasteiger partial charge on any atom is 0.279 e. The minimum Gasteiger partial charge on any atom is -0.299 e. The molecule has 2 fully saturated rings. The zero-order valence-electron chi connectivity index (χ0n) is 15.4. The quantitative estimate of drug-likeness (QED) is 0.872. The second-order valence-electron chi connectivity index (χ2n) is 7.92. The predicted octanol–water partition coefficient (Wildman–Crippen LogP) is 2.46. The van der Waals surface area contributed by atoms with E-state index in [1.807, 2.05) is 6.07 Å². The van der Waals surface area contributed by atoms with Gasteiger partial charge in [0.25, 0.3) is 10.2 Å². The van der Waals surface area contributed by atoms with Crippen molar-refractivity contribution in [2.45, 2.75) is 45.7 Å². The average Bonchev–Trinajstić information content (AvgIpc) is 2.56. The highest BCUT2D eigenvalue weighted by molar-refractivity contribution is 7.87. The number of hydrogen-bond donors (Lipinski definition) is 1. The van der Waals surface area contributed by atoms with Crippen LogP contribution in [0.2, 0.25) is 0 Å². The summed E-state index contributed by atoms with van der Waals surface area (Å²) in [5.74, 6) is 0.876. The molecule has 2 heterocycles. The molecule has 0 aromatic heterocycles. The van der Waals surface area contributed by atoms with E-state index in [4.69, 9.17) is 0 Å². The molecule has 2 aliphatic heterocycles. The number of nitrogens with one attached hydrogen (secondary N) is 1. The lowest BCUT2D eigenvalue weighted by atomic mass is 9.94. The largest absolute Gasteiger partial charge is 0.299 e. The molecule has 0 radical (unpaired) electrons. The van der Waals surface area contributed by atoms with Crippen LogP contribution >= 0.6 is 0 Å². The van der Waals surface area contributed by atoms with Gasteiger partial charge in [0.15, 0.2) is 0 Å². The van der Waals surface area contributed by atoms with Crippen molar-refractivity contribution in [1.29, 1.82) is 0 Å². The lowest BCUT2D eigenvalue weighted by Crippen LogP contribution is -2.52. The summed E-state index contributed by atoms with van der Waals surface area (Å²) in [6.45, 7) is 8.39. The van der Waals surface area contributed by atoms with Gasteiger partial charge in [-0.15, -0.1) is 0 Å². The molecule has 0 unspecified atom stereocenters. The number of benzene rings is 1. The Hall–Kier alpha value is -0.950. The Kier molecular flexibility index (Phi) is 6.15. The summed E-state index contributed by atoms with van der Waals surface area (Å²) in [6, 6.07) is 10.5. The molecule has 2 aliphatic rings. The molecule has 0 spiro atoms. The van der Waals surface area contributed by atoms with Crippen LogP contribution in [0.25, 0.3) is 0 Å². The first-order chi connectivity index (χ1) is 11.9. The Bertz CT molecular complexity index is 632. The molecule has 3 rings (SSSR count). The number of likely N-dealkylation sites (tertiary alicyclic amines) is 1. The Morgan fingerprint density at radius 1 is 1.04 bits per heavy atom. The van der Waals surface area contributed by atoms with Crippen molar-refractivity contribution < 1.29 is 8.42 Å². The third-order valence-electron chi connectivity index (χ3n) is 5.33. The summed E-state index contributed by atoms with van der Waals surface area (Å²) in [6.07, 6.45) is 2.87. The van der Waals surface area contributed by atoms with Gasteiger partial charge in [-0.3, -0.25) is 4.90 Å². The molecule has 1 aromatic carbocycles. The third kappa shape index (κ3) is 5.26. The standard InChI is InChI=1S/C19H31N3O2S/c1-16-12-17(2)14-22(13-16)25(23,24)20-19-8-10-21(11-9-19)15-18-6-4-3-5-7-18/h3-7,16-17,19-20H,8-15H2,1-2H3/t16-,17-/m0/s1. The fourth-order valence-electron chi connectivity index (χ4n) is 4.14. The third-order valence-corrected chi connectivity index (χ3v) is 6.94. The van der Waals surface area contributed by atoms with E-state index < -0.39 is 10.2 Å². The molecule has 1 N–H and O–H groups in total. The Balaban J connectivity index is 1.49. The van der Waals surface area contributed by atoms with Crippen LogP contribution < -0.4 is 4.72 Å². The summed E-state index contributed by atoms with van der Waals surface area (Å²) in [5, 5.41) is 0. The number of piperidine rings is 2. The van der Waals surface area contributed by atoms with Gasteiger partial charge in [0, 0.05) is 38.8 Å². The van der Waals surface area contributed by atoms with E-state index >= 15 is 0 Å². The van der Waals surface area contributed by atoms with E-state index in [0.717, 1.165) is 38.9 Å². The summed E-state index contributed by atoms with van der Waals surface area (Å²) in [7, 11) is -3.36. The lowest BCUT2D eigenvalue weighted by Gasteiger charge is -2.37. The molecule has 25 heavy (non-hydrogen) atoms. The predicted molar refractivity (Wildman–Crippen MR) is 101 cm³/mol. The van der Waals surface area contributed by atoms with Crippen LogP contribution in [-0.2, 0) is 16.8 Å².